The van der Waals surface area contributed by atoms with Gasteiger partial charge in [0.1, 0.15) is 11.6 Å². The molecule has 1 aromatic rings. The lowest BCUT2D eigenvalue weighted by atomic mass is 10.3. The Morgan fingerprint density at radius 3 is 2.60 bits per heavy atom. The molecule has 0 bridgehead atoms. The molecule has 10 heavy (non-hydrogen) atoms. The standard InChI is InChI=1S/C7H6FIO/c1-10-7-3-5(8)2-6(9)4-7/h2-4H,1H3. The number of ether oxygens (including phenoxy) is 1. The van der Waals surface area contributed by atoms with Crippen LogP contribution in [0.3, 0.4) is 0 Å². The Morgan fingerprint density at radius 1 is 1.40 bits per heavy atom. The fourth-order valence-electron chi connectivity index (χ4n) is 0.646. The number of benzene rings is 1. The van der Waals surface area contributed by atoms with Crippen molar-refractivity contribution in [1.82, 2.24) is 0 Å². The van der Waals surface area contributed by atoms with Gasteiger partial charge in [-0.15, -0.1) is 0 Å². The van der Waals surface area contributed by atoms with Crippen molar-refractivity contribution in [2.45, 2.75) is 0 Å². The van der Waals surface area contributed by atoms with Gasteiger partial charge in [0.25, 0.3) is 0 Å². The van der Waals surface area contributed by atoms with Crippen molar-refractivity contribution in [3.05, 3.63) is 27.6 Å². The van der Waals surface area contributed by atoms with Gasteiger partial charge in [0.15, 0.2) is 0 Å². The Morgan fingerprint density at radius 2 is 2.10 bits per heavy atom. The minimum atomic E-state index is -0.260. The number of methoxy groups -OCH3 is 1. The highest BCUT2D eigenvalue weighted by Gasteiger charge is 1.96. The second kappa shape index (κ2) is 3.18. The summed E-state index contributed by atoms with van der Waals surface area (Å²) < 4.78 is 18.2. The molecule has 1 nitrogen and oxygen atoms in total. The molecular formula is C7H6FIO. The Bertz CT molecular complexity index is 217. The van der Waals surface area contributed by atoms with E-state index in [2.05, 4.69) is 0 Å². The third-order valence-corrected chi connectivity index (χ3v) is 1.69. The number of rotatable bonds is 1. The van der Waals surface area contributed by atoms with Crippen LogP contribution in [0.15, 0.2) is 18.2 Å². The zero-order valence-electron chi connectivity index (χ0n) is 5.40. The summed E-state index contributed by atoms with van der Waals surface area (Å²) in [5, 5.41) is 0. The zero-order valence-corrected chi connectivity index (χ0v) is 7.55. The van der Waals surface area contributed by atoms with Gasteiger partial charge in [-0.3, -0.25) is 0 Å². The summed E-state index contributed by atoms with van der Waals surface area (Å²) in [7, 11) is 1.52. The van der Waals surface area contributed by atoms with Crippen molar-refractivity contribution in [3.8, 4) is 5.75 Å². The first-order valence-corrected chi connectivity index (χ1v) is 3.80. The SMILES string of the molecule is COc1cc(F)cc(I)c1. The van der Waals surface area contributed by atoms with Crippen molar-refractivity contribution in [3.63, 3.8) is 0 Å². The third-order valence-electron chi connectivity index (χ3n) is 1.07. The molecule has 54 valence electrons. The van der Waals surface area contributed by atoms with Gasteiger partial charge in [0.2, 0.25) is 0 Å². The van der Waals surface area contributed by atoms with E-state index in [4.69, 9.17) is 4.74 Å². The summed E-state index contributed by atoms with van der Waals surface area (Å²) in [6, 6.07) is 4.56. The molecule has 0 fully saturated rings. The second-order valence-electron chi connectivity index (χ2n) is 1.81. The molecule has 0 radical (unpaired) electrons. The maximum atomic E-state index is 12.5. The van der Waals surface area contributed by atoms with Crippen LogP contribution in [0.1, 0.15) is 0 Å². The molecule has 0 unspecified atom stereocenters. The topological polar surface area (TPSA) is 9.23 Å². The Kier molecular flexibility index (Phi) is 2.48. The number of halogens is 2. The molecule has 0 N–H and O–H groups in total. The number of hydrogen-bond acceptors (Lipinski definition) is 1. The number of hydrogen-bond donors (Lipinski definition) is 0. The minimum absolute atomic E-state index is 0.260. The predicted molar refractivity (Wildman–Crippen MR) is 45.7 cm³/mol. The molecule has 0 saturated heterocycles. The molecule has 0 aromatic heterocycles. The maximum Gasteiger partial charge on any atom is 0.127 e. The van der Waals surface area contributed by atoms with Crippen molar-refractivity contribution >= 4 is 22.6 Å². The average Bonchev–Trinajstić information content (AvgIpc) is 1.85. The van der Waals surface area contributed by atoms with Gasteiger partial charge in [0, 0.05) is 9.64 Å². The van der Waals surface area contributed by atoms with Crippen LogP contribution in [0, 0.1) is 9.39 Å². The van der Waals surface area contributed by atoms with Crippen LogP contribution >= 0.6 is 22.6 Å². The highest BCUT2D eigenvalue weighted by atomic mass is 127. The summed E-state index contributed by atoms with van der Waals surface area (Å²) in [5.41, 5.74) is 0. The summed E-state index contributed by atoms with van der Waals surface area (Å²) in [6.07, 6.45) is 0. The van der Waals surface area contributed by atoms with E-state index in [9.17, 15) is 4.39 Å². The molecule has 0 amide bonds. The first-order valence-electron chi connectivity index (χ1n) is 2.72. The van der Waals surface area contributed by atoms with E-state index in [-0.39, 0.29) is 5.82 Å². The maximum absolute atomic E-state index is 12.5. The molecular weight excluding hydrogens is 246 g/mol. The lowest BCUT2D eigenvalue weighted by molar-refractivity contribution is 0.411. The lowest BCUT2D eigenvalue weighted by Crippen LogP contribution is -1.84. The van der Waals surface area contributed by atoms with Gasteiger partial charge < -0.3 is 4.74 Å². The van der Waals surface area contributed by atoms with Gasteiger partial charge in [0.05, 0.1) is 7.11 Å². The minimum Gasteiger partial charge on any atom is -0.497 e. The van der Waals surface area contributed by atoms with Crippen LogP contribution in [-0.4, -0.2) is 7.11 Å². The van der Waals surface area contributed by atoms with Crippen molar-refractivity contribution in [2.75, 3.05) is 7.11 Å². The summed E-state index contributed by atoms with van der Waals surface area (Å²) >= 11 is 2.03. The molecule has 0 spiro atoms. The van der Waals surface area contributed by atoms with Crippen LogP contribution in [0.25, 0.3) is 0 Å². The largest absolute Gasteiger partial charge is 0.497 e. The van der Waals surface area contributed by atoms with Gasteiger partial charge in [-0.2, -0.15) is 0 Å². The molecule has 0 aliphatic heterocycles. The predicted octanol–water partition coefficient (Wildman–Crippen LogP) is 2.44. The Labute approximate surface area is 72.3 Å². The lowest BCUT2D eigenvalue weighted by Gasteiger charge is -1.98. The Balaban J connectivity index is 3.06. The molecule has 0 saturated carbocycles. The molecule has 0 atom stereocenters. The van der Waals surface area contributed by atoms with Crippen LogP contribution < -0.4 is 4.74 Å². The monoisotopic (exact) mass is 252 g/mol. The summed E-state index contributed by atoms with van der Waals surface area (Å²) in [6.45, 7) is 0. The molecule has 0 heterocycles. The van der Waals surface area contributed by atoms with E-state index in [0.717, 1.165) is 3.57 Å². The fourth-order valence-corrected chi connectivity index (χ4v) is 1.25. The van der Waals surface area contributed by atoms with E-state index >= 15 is 0 Å². The van der Waals surface area contributed by atoms with E-state index in [1.165, 1.54) is 19.2 Å². The highest BCUT2D eigenvalue weighted by molar-refractivity contribution is 14.1. The first kappa shape index (κ1) is 7.78. The molecule has 3 heteroatoms. The van der Waals surface area contributed by atoms with Crippen molar-refractivity contribution in [1.29, 1.82) is 0 Å². The van der Waals surface area contributed by atoms with Crippen LogP contribution in [-0.2, 0) is 0 Å². The van der Waals surface area contributed by atoms with Crippen LogP contribution in [0.2, 0.25) is 0 Å². The molecule has 0 aliphatic rings. The highest BCUT2D eigenvalue weighted by Crippen LogP contribution is 2.16. The normalized spacial score (nSPS) is 9.50. The summed E-state index contributed by atoms with van der Waals surface area (Å²) in [5.74, 6) is 0.299. The quantitative estimate of drug-likeness (QED) is 0.697. The van der Waals surface area contributed by atoms with Gasteiger partial charge in [-0.1, -0.05) is 0 Å². The average molecular weight is 252 g/mol. The van der Waals surface area contributed by atoms with E-state index in [1.807, 2.05) is 22.6 Å². The van der Waals surface area contributed by atoms with Crippen molar-refractivity contribution in [2.24, 2.45) is 0 Å². The third kappa shape index (κ3) is 1.83. The van der Waals surface area contributed by atoms with Crippen LogP contribution in [0.5, 0.6) is 5.75 Å². The molecule has 0 aliphatic carbocycles. The van der Waals surface area contributed by atoms with Gasteiger partial charge in [-0.25, -0.2) is 4.39 Å². The summed E-state index contributed by atoms with van der Waals surface area (Å²) in [4.78, 5) is 0. The smallest absolute Gasteiger partial charge is 0.127 e. The van der Waals surface area contributed by atoms with Crippen LogP contribution in [0.4, 0.5) is 4.39 Å². The van der Waals surface area contributed by atoms with E-state index < -0.39 is 0 Å². The first-order chi connectivity index (χ1) is 4.72. The zero-order chi connectivity index (χ0) is 7.56. The van der Waals surface area contributed by atoms with E-state index in [1.54, 1.807) is 6.07 Å². The van der Waals surface area contributed by atoms with Gasteiger partial charge >= 0.3 is 0 Å². The molecule has 1 rings (SSSR count). The van der Waals surface area contributed by atoms with Crippen molar-refractivity contribution < 1.29 is 9.13 Å². The van der Waals surface area contributed by atoms with Gasteiger partial charge in [-0.05, 0) is 34.7 Å². The molecule has 1 aromatic carbocycles. The second-order valence-corrected chi connectivity index (χ2v) is 3.05. The Hall–Kier alpha value is -0.320. The fraction of sp³-hybridized carbons (Fsp3) is 0.143. The van der Waals surface area contributed by atoms with E-state index in [0.29, 0.717) is 5.75 Å².